The molecule has 0 radical (unpaired) electrons. The smallest absolute Gasteiger partial charge is 0.203 e. The second-order valence-corrected chi connectivity index (χ2v) is 5.73. The van der Waals surface area contributed by atoms with Crippen molar-refractivity contribution in [3.63, 3.8) is 0 Å². The molecule has 2 aromatic heterocycles. The van der Waals surface area contributed by atoms with Crippen molar-refractivity contribution in [1.29, 1.82) is 0 Å². The fourth-order valence-electron chi connectivity index (χ4n) is 0.871. The van der Waals surface area contributed by atoms with Crippen LogP contribution in [-0.4, -0.2) is 15.2 Å². The summed E-state index contributed by atoms with van der Waals surface area (Å²) in [5, 5.41) is 8.21. The van der Waals surface area contributed by atoms with E-state index in [2.05, 4.69) is 15.2 Å². The molecule has 0 bridgehead atoms. The number of nitrogens with zero attached hydrogens (tertiary/aromatic N) is 3. The molecule has 0 saturated carbocycles. The van der Waals surface area contributed by atoms with E-state index >= 15 is 0 Å². The highest BCUT2D eigenvalue weighted by Crippen LogP contribution is 2.28. The van der Waals surface area contributed by atoms with Gasteiger partial charge in [0, 0.05) is 10.6 Å². The molecular weight excluding hydrogens is 236 g/mol. The summed E-state index contributed by atoms with van der Waals surface area (Å²) >= 11 is 4.74. The zero-order valence-electron chi connectivity index (χ0n) is 7.43. The molecule has 0 aliphatic heterocycles. The van der Waals surface area contributed by atoms with E-state index in [1.165, 1.54) is 16.2 Å². The predicted octanol–water partition coefficient (Wildman–Crippen LogP) is 2.18. The van der Waals surface area contributed by atoms with Crippen LogP contribution in [0.15, 0.2) is 9.85 Å². The lowest BCUT2D eigenvalue weighted by Crippen LogP contribution is -1.80. The van der Waals surface area contributed by atoms with Gasteiger partial charge in [-0.3, -0.25) is 0 Å². The molecule has 7 heteroatoms. The maximum Gasteiger partial charge on any atom is 0.203 e. The molecule has 2 N–H and O–H groups in total. The quantitative estimate of drug-likeness (QED) is 0.838. The monoisotopic (exact) mass is 244 g/mol. The Morgan fingerprint density at radius 1 is 1.50 bits per heavy atom. The maximum atomic E-state index is 5.48. The van der Waals surface area contributed by atoms with Crippen molar-refractivity contribution in [3.8, 4) is 0 Å². The van der Waals surface area contributed by atoms with Gasteiger partial charge in [0.05, 0.1) is 11.2 Å². The van der Waals surface area contributed by atoms with Crippen LogP contribution in [0.2, 0.25) is 0 Å². The molecule has 0 aliphatic carbocycles. The molecule has 0 atom stereocenters. The van der Waals surface area contributed by atoms with Crippen molar-refractivity contribution >= 4 is 39.6 Å². The third kappa shape index (κ3) is 2.23. The van der Waals surface area contributed by atoms with Crippen molar-refractivity contribution < 1.29 is 0 Å². The number of hydrogen-bond acceptors (Lipinski definition) is 7. The van der Waals surface area contributed by atoms with Crippen LogP contribution in [0, 0.1) is 6.92 Å². The molecule has 2 aromatic rings. The van der Waals surface area contributed by atoms with Gasteiger partial charge >= 0.3 is 0 Å². The minimum atomic E-state index is 0.522. The highest BCUT2D eigenvalue weighted by atomic mass is 32.2. The van der Waals surface area contributed by atoms with E-state index in [-0.39, 0.29) is 0 Å². The third-order valence-electron chi connectivity index (χ3n) is 1.59. The summed E-state index contributed by atoms with van der Waals surface area (Å²) < 4.78 is 0.912. The lowest BCUT2D eigenvalue weighted by atomic mass is 10.4. The minimum absolute atomic E-state index is 0.522. The van der Waals surface area contributed by atoms with E-state index in [9.17, 15) is 0 Å². The summed E-state index contributed by atoms with van der Waals surface area (Å²) in [5.41, 5.74) is 8.44. The zero-order valence-corrected chi connectivity index (χ0v) is 9.88. The number of nitrogen functional groups attached to an aromatic ring is 1. The number of rotatable bonds is 3. The number of thioether (sulfide) groups is 1. The second kappa shape index (κ2) is 4.24. The minimum Gasteiger partial charge on any atom is -0.374 e. The van der Waals surface area contributed by atoms with Crippen molar-refractivity contribution in [1.82, 2.24) is 15.2 Å². The van der Waals surface area contributed by atoms with Crippen LogP contribution in [0.5, 0.6) is 0 Å². The van der Waals surface area contributed by atoms with Gasteiger partial charge in [-0.1, -0.05) is 23.1 Å². The average molecular weight is 244 g/mol. The van der Waals surface area contributed by atoms with Crippen molar-refractivity contribution in [2.45, 2.75) is 17.0 Å². The fraction of sp³-hybridized carbons (Fsp3) is 0.286. The number of aryl methyl sites for hydroxylation is 1. The van der Waals surface area contributed by atoms with Crippen LogP contribution in [-0.2, 0) is 5.75 Å². The number of thiazole rings is 1. The summed E-state index contributed by atoms with van der Waals surface area (Å²) in [7, 11) is 0. The molecule has 2 rings (SSSR count). The number of nitrogens with two attached hydrogens (primary N) is 1. The first-order chi connectivity index (χ1) is 6.75. The Kier molecular flexibility index (Phi) is 2.99. The van der Waals surface area contributed by atoms with Crippen molar-refractivity contribution in [2.75, 3.05) is 5.73 Å². The molecule has 0 saturated heterocycles. The second-order valence-electron chi connectivity index (χ2n) is 2.56. The van der Waals surface area contributed by atoms with E-state index in [0.29, 0.717) is 5.13 Å². The Morgan fingerprint density at radius 2 is 2.36 bits per heavy atom. The lowest BCUT2D eigenvalue weighted by molar-refractivity contribution is 1.02. The Bertz CT molecular complexity index is 422. The largest absolute Gasteiger partial charge is 0.374 e. The SMILES string of the molecule is Cc1ncsc1CSc1nnc(N)s1. The van der Waals surface area contributed by atoms with Gasteiger partial charge in [-0.15, -0.1) is 21.5 Å². The van der Waals surface area contributed by atoms with Gasteiger partial charge in [0.2, 0.25) is 5.13 Å². The fourth-order valence-corrected chi connectivity index (χ4v) is 3.45. The van der Waals surface area contributed by atoms with Crippen molar-refractivity contribution in [3.05, 3.63) is 16.1 Å². The lowest BCUT2D eigenvalue weighted by Gasteiger charge is -1.93. The number of hydrogen-bond donors (Lipinski definition) is 1. The Hall–Kier alpha value is -0.660. The topological polar surface area (TPSA) is 64.7 Å². The van der Waals surface area contributed by atoms with Crippen LogP contribution in [0.4, 0.5) is 5.13 Å². The average Bonchev–Trinajstić information content (AvgIpc) is 2.72. The molecule has 14 heavy (non-hydrogen) atoms. The molecule has 2 heterocycles. The Balaban J connectivity index is 1.98. The Morgan fingerprint density at radius 3 is 2.93 bits per heavy atom. The van der Waals surface area contributed by atoms with Gasteiger partial charge < -0.3 is 5.73 Å². The van der Waals surface area contributed by atoms with E-state index in [1.807, 2.05) is 12.4 Å². The third-order valence-corrected chi connectivity index (χ3v) is 4.62. The Labute approximate surface area is 93.6 Å². The van der Waals surface area contributed by atoms with Gasteiger partial charge in [0.1, 0.15) is 0 Å². The number of aromatic nitrogens is 3. The highest BCUT2D eigenvalue weighted by molar-refractivity contribution is 8.00. The molecule has 0 amide bonds. The standard InChI is InChI=1S/C7H8N4S3/c1-4-5(13-3-9-4)2-12-7-11-10-6(8)14-7/h3H,2H2,1H3,(H2,8,10). The van der Waals surface area contributed by atoms with E-state index in [4.69, 9.17) is 5.73 Å². The summed E-state index contributed by atoms with van der Waals surface area (Å²) in [6.07, 6.45) is 0. The molecule has 0 aliphatic rings. The van der Waals surface area contributed by atoms with Gasteiger partial charge in [0.25, 0.3) is 0 Å². The molecule has 74 valence electrons. The first-order valence-electron chi connectivity index (χ1n) is 3.86. The molecule has 0 spiro atoms. The molecule has 0 unspecified atom stereocenters. The van der Waals surface area contributed by atoms with Crippen molar-refractivity contribution in [2.24, 2.45) is 0 Å². The van der Waals surface area contributed by atoms with Gasteiger partial charge in [-0.25, -0.2) is 4.98 Å². The number of anilines is 1. The molecular formula is C7H8N4S3. The normalized spacial score (nSPS) is 10.6. The molecule has 4 nitrogen and oxygen atoms in total. The first kappa shape index (κ1) is 9.88. The van der Waals surface area contributed by atoms with Crippen LogP contribution in [0.25, 0.3) is 0 Å². The van der Waals surface area contributed by atoms with Gasteiger partial charge in [-0.05, 0) is 6.92 Å². The summed E-state index contributed by atoms with van der Waals surface area (Å²) in [6, 6.07) is 0. The van der Waals surface area contributed by atoms with E-state index < -0.39 is 0 Å². The summed E-state index contributed by atoms with van der Waals surface area (Å²) in [4.78, 5) is 5.46. The maximum absolute atomic E-state index is 5.48. The molecule has 0 aromatic carbocycles. The summed E-state index contributed by atoms with van der Waals surface area (Å²) in [6.45, 7) is 2.01. The van der Waals surface area contributed by atoms with Crippen LogP contribution >= 0.6 is 34.4 Å². The highest BCUT2D eigenvalue weighted by Gasteiger charge is 2.05. The summed E-state index contributed by atoms with van der Waals surface area (Å²) in [5.74, 6) is 0.894. The van der Waals surface area contributed by atoms with Gasteiger partial charge in [0.15, 0.2) is 4.34 Å². The van der Waals surface area contributed by atoms with Crippen LogP contribution < -0.4 is 5.73 Å². The molecule has 0 fully saturated rings. The van der Waals surface area contributed by atoms with Gasteiger partial charge in [-0.2, -0.15) is 0 Å². The van der Waals surface area contributed by atoms with Crippen LogP contribution in [0.1, 0.15) is 10.6 Å². The van der Waals surface area contributed by atoms with E-state index in [1.54, 1.807) is 23.1 Å². The van der Waals surface area contributed by atoms with E-state index in [0.717, 1.165) is 15.8 Å². The van der Waals surface area contributed by atoms with Crippen LogP contribution in [0.3, 0.4) is 0 Å². The zero-order chi connectivity index (χ0) is 9.97. The first-order valence-corrected chi connectivity index (χ1v) is 6.54. The predicted molar refractivity (Wildman–Crippen MR) is 60.7 cm³/mol.